The van der Waals surface area contributed by atoms with Crippen molar-refractivity contribution in [3.63, 3.8) is 0 Å². The first-order chi connectivity index (χ1) is 7.65. The number of rotatable bonds is 5. The molecule has 0 aromatic carbocycles. The zero-order valence-electron chi connectivity index (χ0n) is 10.6. The standard InChI is InChI=1S/C12H24N2O2/c1-4-7-16-8-11(15)14-12-9(2)5-6-13-10(12)3/h9-10,12-13H,4-8H2,1-3H3,(H,14,15). The van der Waals surface area contributed by atoms with E-state index in [1.165, 1.54) is 0 Å². The van der Waals surface area contributed by atoms with Crippen LogP contribution < -0.4 is 10.6 Å². The van der Waals surface area contributed by atoms with Gasteiger partial charge in [0.15, 0.2) is 0 Å². The molecule has 1 aliphatic heterocycles. The highest BCUT2D eigenvalue weighted by molar-refractivity contribution is 5.77. The quantitative estimate of drug-likeness (QED) is 0.688. The van der Waals surface area contributed by atoms with E-state index in [4.69, 9.17) is 4.74 Å². The van der Waals surface area contributed by atoms with Crippen LogP contribution >= 0.6 is 0 Å². The minimum atomic E-state index is 0.000787. The van der Waals surface area contributed by atoms with E-state index >= 15 is 0 Å². The van der Waals surface area contributed by atoms with E-state index < -0.39 is 0 Å². The molecular weight excluding hydrogens is 204 g/mol. The van der Waals surface area contributed by atoms with E-state index in [-0.39, 0.29) is 18.6 Å². The van der Waals surface area contributed by atoms with E-state index in [9.17, 15) is 4.79 Å². The van der Waals surface area contributed by atoms with Gasteiger partial charge in [-0.1, -0.05) is 13.8 Å². The molecule has 16 heavy (non-hydrogen) atoms. The van der Waals surface area contributed by atoms with Gasteiger partial charge in [0.1, 0.15) is 6.61 Å². The van der Waals surface area contributed by atoms with Crippen LogP contribution in [0.4, 0.5) is 0 Å². The fourth-order valence-corrected chi connectivity index (χ4v) is 2.14. The molecule has 0 aromatic rings. The number of carbonyl (C=O) groups excluding carboxylic acids is 1. The molecule has 3 unspecified atom stereocenters. The molecule has 0 aliphatic carbocycles. The maximum absolute atomic E-state index is 11.6. The fourth-order valence-electron chi connectivity index (χ4n) is 2.14. The van der Waals surface area contributed by atoms with Gasteiger partial charge in [0.2, 0.25) is 5.91 Å². The van der Waals surface area contributed by atoms with Gasteiger partial charge in [-0.05, 0) is 32.2 Å². The summed E-state index contributed by atoms with van der Waals surface area (Å²) >= 11 is 0. The first-order valence-electron chi connectivity index (χ1n) is 6.25. The van der Waals surface area contributed by atoms with Gasteiger partial charge in [0.25, 0.3) is 0 Å². The molecule has 0 bridgehead atoms. The normalized spacial score (nSPS) is 30.1. The summed E-state index contributed by atoms with van der Waals surface area (Å²) in [6.07, 6.45) is 2.07. The lowest BCUT2D eigenvalue weighted by Crippen LogP contribution is -2.56. The third-order valence-corrected chi connectivity index (χ3v) is 3.13. The molecular formula is C12H24N2O2. The van der Waals surface area contributed by atoms with Crippen LogP contribution in [0.1, 0.15) is 33.6 Å². The number of hydrogen-bond acceptors (Lipinski definition) is 3. The van der Waals surface area contributed by atoms with Crippen LogP contribution in [0.3, 0.4) is 0 Å². The second-order valence-corrected chi connectivity index (χ2v) is 4.65. The van der Waals surface area contributed by atoms with E-state index in [0.29, 0.717) is 18.6 Å². The molecule has 94 valence electrons. The predicted molar refractivity (Wildman–Crippen MR) is 64.3 cm³/mol. The highest BCUT2D eigenvalue weighted by Crippen LogP contribution is 2.15. The van der Waals surface area contributed by atoms with Gasteiger partial charge in [-0.25, -0.2) is 0 Å². The van der Waals surface area contributed by atoms with Crippen LogP contribution in [0, 0.1) is 5.92 Å². The minimum Gasteiger partial charge on any atom is -0.372 e. The maximum atomic E-state index is 11.6. The van der Waals surface area contributed by atoms with Gasteiger partial charge in [0, 0.05) is 18.7 Å². The van der Waals surface area contributed by atoms with Crippen molar-refractivity contribution in [1.82, 2.24) is 10.6 Å². The summed E-state index contributed by atoms with van der Waals surface area (Å²) in [6.45, 7) is 8.22. The molecule has 0 aromatic heterocycles. The van der Waals surface area contributed by atoms with Gasteiger partial charge >= 0.3 is 0 Å². The Morgan fingerprint density at radius 1 is 1.50 bits per heavy atom. The van der Waals surface area contributed by atoms with Crippen LogP contribution in [0.2, 0.25) is 0 Å². The van der Waals surface area contributed by atoms with Gasteiger partial charge < -0.3 is 15.4 Å². The SMILES string of the molecule is CCCOCC(=O)NC1C(C)CCNC1C. The summed E-state index contributed by atoms with van der Waals surface area (Å²) in [4.78, 5) is 11.6. The molecule has 4 heteroatoms. The Morgan fingerprint density at radius 3 is 2.88 bits per heavy atom. The van der Waals surface area contributed by atoms with Crippen molar-refractivity contribution < 1.29 is 9.53 Å². The summed E-state index contributed by atoms with van der Waals surface area (Å²) < 4.78 is 5.22. The first kappa shape index (κ1) is 13.5. The molecule has 2 N–H and O–H groups in total. The van der Waals surface area contributed by atoms with Crippen LogP contribution in [0.15, 0.2) is 0 Å². The fraction of sp³-hybridized carbons (Fsp3) is 0.917. The third kappa shape index (κ3) is 4.10. The number of carbonyl (C=O) groups is 1. The van der Waals surface area contributed by atoms with Crippen LogP contribution in [0.5, 0.6) is 0 Å². The molecule has 3 atom stereocenters. The van der Waals surface area contributed by atoms with E-state index in [1.807, 2.05) is 6.92 Å². The number of ether oxygens (including phenoxy) is 1. The van der Waals surface area contributed by atoms with Crippen LogP contribution in [0.25, 0.3) is 0 Å². The van der Waals surface area contributed by atoms with Gasteiger partial charge in [0.05, 0.1) is 0 Å². The molecule has 1 aliphatic rings. The second kappa shape index (κ2) is 6.86. The summed E-state index contributed by atoms with van der Waals surface area (Å²) in [5.74, 6) is 0.534. The van der Waals surface area contributed by atoms with Crippen LogP contribution in [-0.4, -0.2) is 37.7 Å². The van der Waals surface area contributed by atoms with E-state index in [0.717, 1.165) is 19.4 Å². The second-order valence-electron chi connectivity index (χ2n) is 4.65. The van der Waals surface area contributed by atoms with Crippen molar-refractivity contribution in [3.05, 3.63) is 0 Å². The Balaban J connectivity index is 2.30. The number of hydrogen-bond donors (Lipinski definition) is 2. The summed E-state index contributed by atoms with van der Waals surface area (Å²) in [5, 5.41) is 6.43. The zero-order chi connectivity index (χ0) is 12.0. The van der Waals surface area contributed by atoms with Crippen molar-refractivity contribution in [2.45, 2.75) is 45.7 Å². The lowest BCUT2D eigenvalue weighted by atomic mass is 9.89. The Morgan fingerprint density at radius 2 is 2.25 bits per heavy atom. The average molecular weight is 228 g/mol. The molecule has 1 amide bonds. The Bertz CT molecular complexity index is 211. The number of amides is 1. The summed E-state index contributed by atoms with van der Waals surface area (Å²) in [6, 6.07) is 0.574. The monoisotopic (exact) mass is 228 g/mol. The molecule has 1 heterocycles. The van der Waals surface area contributed by atoms with Crippen molar-refractivity contribution in [3.8, 4) is 0 Å². The summed E-state index contributed by atoms with van der Waals surface area (Å²) in [5.41, 5.74) is 0. The molecule has 1 saturated heterocycles. The topological polar surface area (TPSA) is 50.4 Å². The Labute approximate surface area is 98.1 Å². The van der Waals surface area contributed by atoms with Gasteiger partial charge in [-0.2, -0.15) is 0 Å². The predicted octanol–water partition coefficient (Wildman–Crippen LogP) is 0.916. The van der Waals surface area contributed by atoms with E-state index in [2.05, 4.69) is 24.5 Å². The number of piperidine rings is 1. The third-order valence-electron chi connectivity index (χ3n) is 3.13. The Hall–Kier alpha value is -0.610. The first-order valence-corrected chi connectivity index (χ1v) is 6.25. The van der Waals surface area contributed by atoms with Crippen molar-refractivity contribution in [2.75, 3.05) is 19.8 Å². The van der Waals surface area contributed by atoms with Crippen molar-refractivity contribution in [2.24, 2.45) is 5.92 Å². The van der Waals surface area contributed by atoms with E-state index in [1.54, 1.807) is 0 Å². The minimum absolute atomic E-state index is 0.000787. The van der Waals surface area contributed by atoms with Crippen molar-refractivity contribution in [1.29, 1.82) is 0 Å². The zero-order valence-corrected chi connectivity index (χ0v) is 10.6. The maximum Gasteiger partial charge on any atom is 0.246 e. The molecule has 0 spiro atoms. The molecule has 1 fully saturated rings. The van der Waals surface area contributed by atoms with Gasteiger partial charge in [-0.15, -0.1) is 0 Å². The van der Waals surface area contributed by atoms with Crippen molar-refractivity contribution >= 4 is 5.91 Å². The smallest absolute Gasteiger partial charge is 0.246 e. The highest BCUT2D eigenvalue weighted by Gasteiger charge is 2.28. The summed E-state index contributed by atoms with van der Waals surface area (Å²) in [7, 11) is 0. The molecule has 1 rings (SSSR count). The largest absolute Gasteiger partial charge is 0.372 e. The lowest BCUT2D eigenvalue weighted by molar-refractivity contribution is -0.127. The molecule has 0 saturated carbocycles. The van der Waals surface area contributed by atoms with Crippen LogP contribution in [-0.2, 0) is 9.53 Å². The lowest BCUT2D eigenvalue weighted by Gasteiger charge is -2.35. The molecule has 0 radical (unpaired) electrons. The average Bonchev–Trinajstić information content (AvgIpc) is 2.24. The highest BCUT2D eigenvalue weighted by atomic mass is 16.5. The number of nitrogens with one attached hydrogen (secondary N) is 2. The van der Waals surface area contributed by atoms with Gasteiger partial charge in [-0.3, -0.25) is 4.79 Å². The Kier molecular flexibility index (Phi) is 5.77. The molecule has 4 nitrogen and oxygen atoms in total.